The number of carbonyl (C=O) groups is 2. The third kappa shape index (κ3) is 11.8. The van der Waals surface area contributed by atoms with E-state index in [4.69, 9.17) is 10.5 Å². The Morgan fingerprint density at radius 2 is 1.13 bits per heavy atom. The number of nitrogen functional groups attached to an aromatic ring is 1. The van der Waals surface area contributed by atoms with Gasteiger partial charge < -0.3 is 56.8 Å². The van der Waals surface area contributed by atoms with Crippen molar-refractivity contribution in [2.24, 2.45) is 4.99 Å². The summed E-state index contributed by atoms with van der Waals surface area (Å²) in [5, 5.41) is 77.4. The standard InChI is InChI=1S/C35H33F2N3O6.C20H24N2O4.C7H4FNO/c1-40-11-10-20-13-21(16-41)27(18-43)32-31(20)29(40)15-26-28(39-35(45)38-25-8-6-24(37)7-9-25)14-22(17-42)34(33(26)32)46-30(44)12-19-2-4-23(36)5-3-19;1-22-3-2-10-4-11(7-23)14(9-25)18-17(10)16(22)6-13-15(21)5-12(8-24)20(26)19(13)18;8-6-1-3-7(4-2-6)9-5-10/h2-9,13-14,29,41-43H,10-12,15-18H2,1H3,(H2,38,39,45);4-5,16,23-26H,2-3,6-9,21H2,1H3;1-4H. The number of phenols is 1. The number of benzene rings is 7. The van der Waals surface area contributed by atoms with Crippen LogP contribution in [0.2, 0.25) is 0 Å². The van der Waals surface area contributed by atoms with Gasteiger partial charge in [-0.25, -0.2) is 22.8 Å². The fraction of sp³-hybridized carbons (Fsp3) is 0.274. The van der Waals surface area contributed by atoms with Crippen LogP contribution in [0.15, 0.2) is 102 Å². The van der Waals surface area contributed by atoms with Crippen molar-refractivity contribution >= 4 is 40.8 Å². The number of amides is 2. The quantitative estimate of drug-likeness (QED) is 0.0139. The van der Waals surface area contributed by atoms with E-state index < -0.39 is 36.8 Å². The Bertz CT molecular complexity index is 3620. The summed E-state index contributed by atoms with van der Waals surface area (Å²) < 4.78 is 45.1. The monoisotopic (exact) mass is 1120 g/mol. The predicted molar refractivity (Wildman–Crippen MR) is 300 cm³/mol. The van der Waals surface area contributed by atoms with Crippen LogP contribution in [0.5, 0.6) is 11.5 Å². The van der Waals surface area contributed by atoms with Crippen LogP contribution >= 0.6 is 0 Å². The molecule has 7 aromatic rings. The second-order valence-electron chi connectivity index (χ2n) is 20.4. The molecule has 2 unspecified atom stereocenters. The average molecular weight is 1120 g/mol. The van der Waals surface area contributed by atoms with Crippen molar-refractivity contribution < 1.29 is 68.0 Å². The third-order valence-corrected chi connectivity index (χ3v) is 15.6. The summed E-state index contributed by atoms with van der Waals surface area (Å²) in [5.74, 6) is -1.80. The lowest BCUT2D eigenvalue weighted by atomic mass is 9.73. The predicted octanol–water partition coefficient (Wildman–Crippen LogP) is 7.98. The second kappa shape index (κ2) is 25.3. The molecule has 0 saturated heterocycles. The molecule has 17 nitrogen and oxygen atoms in total. The SMILES string of the molecule is CN1CCc2cc(CO)c(CO)c3c2C1Cc1c(N)cc(CO)c(O)c1-3.CN1CCc2cc(CO)c(CO)c3c2C1Cc1c(NC(=O)Nc2ccc(F)cc2)cc(CO)c(OC(=O)Cc2ccc(F)cc2)c1-3.O=C=Nc1ccc(F)cc1. The van der Waals surface area contributed by atoms with Crippen LogP contribution in [0.1, 0.15) is 84.4 Å². The maximum atomic E-state index is 13.5. The Kier molecular flexibility index (Phi) is 18.0. The van der Waals surface area contributed by atoms with Gasteiger partial charge in [0, 0.05) is 64.5 Å². The number of aliphatic hydroxyl groups excluding tert-OH is 6. The number of ether oxygens (including phenoxy) is 1. The highest BCUT2D eigenvalue weighted by Gasteiger charge is 2.40. The van der Waals surface area contributed by atoms with Crippen LogP contribution in [-0.4, -0.2) is 90.8 Å². The third-order valence-electron chi connectivity index (χ3n) is 15.6. The smallest absolute Gasteiger partial charge is 0.323 e. The number of aliphatic hydroxyl groups is 6. The normalized spacial score (nSPS) is 15.4. The lowest BCUT2D eigenvalue weighted by Gasteiger charge is -2.42. The van der Waals surface area contributed by atoms with Gasteiger partial charge in [0.2, 0.25) is 6.08 Å². The van der Waals surface area contributed by atoms with Crippen LogP contribution in [0, 0.1) is 17.5 Å². The Balaban J connectivity index is 0.000000187. The van der Waals surface area contributed by atoms with Gasteiger partial charge in [0.1, 0.15) is 29.0 Å². The molecule has 0 radical (unpaired) electrons. The Labute approximate surface area is 470 Å². The molecule has 0 bridgehead atoms. The first-order valence-electron chi connectivity index (χ1n) is 26.4. The number of fused-ring (bicyclic) bond motifs is 4. The molecule has 2 aliphatic carbocycles. The number of nitrogens with two attached hydrogens (primary N) is 1. The molecule has 20 heteroatoms. The summed E-state index contributed by atoms with van der Waals surface area (Å²) in [4.78, 5) is 44.0. The molecule has 2 atom stereocenters. The van der Waals surface area contributed by atoms with Crippen LogP contribution in [0.3, 0.4) is 0 Å². The number of esters is 1. The van der Waals surface area contributed by atoms with Gasteiger partial charge in [-0.15, -0.1) is 0 Å². The first-order valence-corrected chi connectivity index (χ1v) is 26.4. The first kappa shape index (κ1) is 58.4. The summed E-state index contributed by atoms with van der Waals surface area (Å²) in [5.41, 5.74) is 19.3. The zero-order valence-electron chi connectivity index (χ0n) is 44.9. The number of aliphatic imine (C=N–C) groups is 1. The molecule has 2 aliphatic heterocycles. The minimum absolute atomic E-state index is 0.00960. The average Bonchev–Trinajstić information content (AvgIpc) is 1.31. The van der Waals surface area contributed by atoms with Gasteiger partial charge in [0.25, 0.3) is 0 Å². The van der Waals surface area contributed by atoms with Gasteiger partial charge in [-0.1, -0.05) is 24.3 Å². The Morgan fingerprint density at radius 1 is 0.634 bits per heavy atom. The number of urea groups is 1. The maximum Gasteiger partial charge on any atom is 0.323 e. The summed E-state index contributed by atoms with van der Waals surface area (Å²) in [7, 11) is 4.06. The fourth-order valence-electron chi connectivity index (χ4n) is 11.6. The lowest BCUT2D eigenvalue weighted by molar-refractivity contribution is -0.133. The Hall–Kier alpha value is -8.27. The van der Waals surface area contributed by atoms with Gasteiger partial charge in [-0.3, -0.25) is 14.6 Å². The van der Waals surface area contributed by atoms with Crippen LogP contribution in [-0.2, 0) is 81.3 Å². The summed E-state index contributed by atoms with van der Waals surface area (Å²) in [6.45, 7) is -0.415. The summed E-state index contributed by atoms with van der Waals surface area (Å²) in [6, 6.07) is 22.4. The molecule has 0 fully saturated rings. The summed E-state index contributed by atoms with van der Waals surface area (Å²) in [6.07, 6.45) is 3.78. The number of carbonyl (C=O) groups excluding carboxylic acids is 3. The summed E-state index contributed by atoms with van der Waals surface area (Å²) >= 11 is 0. The first-order chi connectivity index (χ1) is 39.5. The van der Waals surface area contributed by atoms with E-state index in [9.17, 15) is 63.3 Å². The van der Waals surface area contributed by atoms with Gasteiger partial charge in [0.05, 0.1) is 51.7 Å². The zero-order valence-corrected chi connectivity index (χ0v) is 44.9. The van der Waals surface area contributed by atoms with E-state index >= 15 is 0 Å². The molecule has 0 aromatic heterocycles. The molecular weight excluding hydrogens is 1060 g/mol. The number of likely N-dealkylation sites (N-methyl/N-ethyl adjacent to an activating group) is 2. The van der Waals surface area contributed by atoms with E-state index in [1.165, 1.54) is 78.9 Å². The molecule has 0 spiro atoms. The van der Waals surface area contributed by atoms with Crippen LogP contribution < -0.4 is 21.1 Å². The van der Waals surface area contributed by atoms with E-state index in [1.54, 1.807) is 12.1 Å². The molecule has 11 rings (SSSR count). The molecule has 2 heterocycles. The highest BCUT2D eigenvalue weighted by atomic mass is 19.1. The second-order valence-corrected chi connectivity index (χ2v) is 20.4. The lowest BCUT2D eigenvalue weighted by Crippen LogP contribution is -2.37. The van der Waals surface area contributed by atoms with E-state index in [0.29, 0.717) is 97.6 Å². The topological polar surface area (TPSA) is 271 Å². The van der Waals surface area contributed by atoms with Gasteiger partial charge >= 0.3 is 12.0 Å². The minimum Gasteiger partial charge on any atom is -0.507 e. The number of rotatable bonds is 12. The Morgan fingerprint density at radius 3 is 1.65 bits per heavy atom. The molecule has 0 saturated carbocycles. The molecule has 2 amide bonds. The molecule has 426 valence electrons. The minimum atomic E-state index is -0.657. The number of anilines is 3. The number of nitrogens with one attached hydrogen (secondary N) is 2. The number of halogens is 3. The molecule has 7 aromatic carbocycles. The number of nitrogens with zero attached hydrogens (tertiary/aromatic N) is 3. The molecular formula is C62H61F3N6O11. The van der Waals surface area contributed by atoms with Crippen LogP contribution in [0.4, 0.5) is 40.7 Å². The van der Waals surface area contributed by atoms with Crippen molar-refractivity contribution in [1.29, 1.82) is 0 Å². The number of isocyanates is 1. The van der Waals surface area contributed by atoms with E-state index in [0.717, 1.165) is 52.9 Å². The van der Waals surface area contributed by atoms with Gasteiger partial charge in [-0.2, -0.15) is 4.99 Å². The highest BCUT2D eigenvalue weighted by molar-refractivity contribution is 6.02. The van der Waals surface area contributed by atoms with E-state index in [2.05, 4.69) is 32.5 Å². The molecule has 4 aliphatic rings. The van der Waals surface area contributed by atoms with Crippen molar-refractivity contribution in [3.63, 3.8) is 0 Å². The van der Waals surface area contributed by atoms with E-state index in [-0.39, 0.29) is 67.8 Å². The van der Waals surface area contributed by atoms with E-state index in [1.807, 2.05) is 19.2 Å². The van der Waals surface area contributed by atoms with Crippen molar-refractivity contribution in [2.75, 3.05) is 43.6 Å². The van der Waals surface area contributed by atoms with Crippen molar-refractivity contribution in [3.8, 4) is 33.8 Å². The fourth-order valence-corrected chi connectivity index (χ4v) is 11.6. The number of aromatic hydroxyl groups is 1. The number of hydrogen-bond acceptors (Lipinski definition) is 15. The van der Waals surface area contributed by atoms with Gasteiger partial charge in [0.15, 0.2) is 0 Å². The number of hydrogen-bond donors (Lipinski definition) is 10. The molecule has 82 heavy (non-hydrogen) atoms. The van der Waals surface area contributed by atoms with Gasteiger partial charge in [-0.05, 0) is 185 Å². The van der Waals surface area contributed by atoms with Crippen molar-refractivity contribution in [3.05, 3.63) is 187 Å². The maximum absolute atomic E-state index is 13.5. The largest absolute Gasteiger partial charge is 0.507 e. The van der Waals surface area contributed by atoms with Crippen molar-refractivity contribution in [1.82, 2.24) is 9.80 Å². The van der Waals surface area contributed by atoms with Crippen LogP contribution in [0.25, 0.3) is 22.3 Å². The molecule has 11 N–H and O–H groups in total. The highest BCUT2D eigenvalue weighted by Crippen LogP contribution is 2.55. The zero-order chi connectivity index (χ0) is 58.5. The van der Waals surface area contributed by atoms with Crippen molar-refractivity contribution in [2.45, 2.75) is 83.8 Å².